The normalized spacial score (nSPS) is 18.7. The minimum absolute atomic E-state index is 0.140. The molecule has 1 saturated heterocycles. The molecule has 2 heterocycles. The molecule has 0 saturated carbocycles. The van der Waals surface area contributed by atoms with E-state index in [1.165, 1.54) is 10.6 Å². The Morgan fingerprint density at radius 1 is 1.09 bits per heavy atom. The molecule has 0 bridgehead atoms. The van der Waals surface area contributed by atoms with E-state index in [0.29, 0.717) is 6.04 Å². The van der Waals surface area contributed by atoms with Crippen molar-refractivity contribution in [2.75, 3.05) is 38.2 Å². The first-order valence-corrected chi connectivity index (χ1v) is 8.99. The summed E-state index contributed by atoms with van der Waals surface area (Å²) in [6.07, 6.45) is 0. The molecule has 124 valence electrons. The molecule has 0 unspecified atom stereocenters. The van der Waals surface area contributed by atoms with Crippen molar-refractivity contribution < 1.29 is 4.74 Å². The van der Waals surface area contributed by atoms with Gasteiger partial charge in [-0.3, -0.25) is 4.90 Å². The number of nitrogens with zero attached hydrogens (tertiary/aromatic N) is 2. The van der Waals surface area contributed by atoms with E-state index in [1.54, 1.807) is 18.4 Å². The van der Waals surface area contributed by atoms with Crippen molar-refractivity contribution in [1.29, 1.82) is 0 Å². The van der Waals surface area contributed by atoms with Crippen LogP contribution in [0.4, 0.5) is 5.69 Å². The summed E-state index contributed by atoms with van der Waals surface area (Å²) in [5.74, 6) is 0.905. The quantitative estimate of drug-likeness (QED) is 0.914. The van der Waals surface area contributed by atoms with Crippen LogP contribution in [0, 0.1) is 0 Å². The third-order valence-electron chi connectivity index (χ3n) is 4.48. The zero-order chi connectivity index (χ0) is 16.2. The molecule has 1 aromatic heterocycles. The van der Waals surface area contributed by atoms with Crippen molar-refractivity contribution in [3.8, 4) is 5.75 Å². The second-order valence-corrected chi connectivity index (χ2v) is 7.02. The SMILES string of the molecule is COc1ccc(N2CCN([C@@H](c3cccs3)[C@H](C)N)CC2)cc1. The number of hydrogen-bond acceptors (Lipinski definition) is 5. The number of nitrogens with two attached hydrogens (primary N) is 1. The van der Waals surface area contributed by atoms with Gasteiger partial charge in [0.05, 0.1) is 13.2 Å². The third-order valence-corrected chi connectivity index (χ3v) is 5.42. The van der Waals surface area contributed by atoms with Crippen molar-refractivity contribution in [3.63, 3.8) is 0 Å². The smallest absolute Gasteiger partial charge is 0.119 e. The molecule has 0 aliphatic carbocycles. The number of hydrogen-bond donors (Lipinski definition) is 1. The van der Waals surface area contributed by atoms with E-state index in [0.717, 1.165) is 31.9 Å². The largest absolute Gasteiger partial charge is 0.497 e. The fraction of sp³-hybridized carbons (Fsp3) is 0.444. The van der Waals surface area contributed by atoms with Crippen LogP contribution >= 0.6 is 11.3 Å². The highest BCUT2D eigenvalue weighted by Gasteiger charge is 2.28. The minimum atomic E-state index is 0.140. The number of methoxy groups -OCH3 is 1. The third kappa shape index (κ3) is 3.68. The van der Waals surface area contributed by atoms with Crippen LogP contribution in [-0.4, -0.2) is 44.2 Å². The van der Waals surface area contributed by atoms with Crippen LogP contribution in [0.1, 0.15) is 17.8 Å². The van der Waals surface area contributed by atoms with E-state index in [2.05, 4.69) is 46.4 Å². The van der Waals surface area contributed by atoms with Gasteiger partial charge in [-0.2, -0.15) is 0 Å². The van der Waals surface area contributed by atoms with E-state index in [1.807, 2.05) is 12.1 Å². The van der Waals surface area contributed by atoms with Gasteiger partial charge in [-0.05, 0) is 42.6 Å². The van der Waals surface area contributed by atoms with E-state index < -0.39 is 0 Å². The maximum atomic E-state index is 6.27. The molecule has 5 heteroatoms. The number of rotatable bonds is 5. The Morgan fingerprint density at radius 2 is 1.78 bits per heavy atom. The Bertz CT molecular complexity index is 589. The summed E-state index contributed by atoms with van der Waals surface area (Å²) in [6, 6.07) is 13.1. The maximum absolute atomic E-state index is 6.27. The predicted molar refractivity (Wildman–Crippen MR) is 97.5 cm³/mol. The second kappa shape index (κ2) is 7.34. The molecule has 1 fully saturated rings. The molecular formula is C18H25N3OS. The fourth-order valence-electron chi connectivity index (χ4n) is 3.28. The molecule has 3 rings (SSSR count). The molecule has 23 heavy (non-hydrogen) atoms. The zero-order valence-corrected chi connectivity index (χ0v) is 14.6. The van der Waals surface area contributed by atoms with Gasteiger partial charge in [-0.1, -0.05) is 6.07 Å². The molecule has 2 aromatic rings. The van der Waals surface area contributed by atoms with Crippen molar-refractivity contribution in [1.82, 2.24) is 4.90 Å². The Kier molecular flexibility index (Phi) is 5.20. The average Bonchev–Trinajstić information content (AvgIpc) is 3.09. The van der Waals surface area contributed by atoms with Crippen LogP contribution in [0.3, 0.4) is 0 Å². The number of ether oxygens (including phenoxy) is 1. The van der Waals surface area contributed by atoms with Crippen LogP contribution in [0.5, 0.6) is 5.75 Å². The lowest BCUT2D eigenvalue weighted by atomic mass is 10.1. The van der Waals surface area contributed by atoms with E-state index in [9.17, 15) is 0 Å². The van der Waals surface area contributed by atoms with Gasteiger partial charge >= 0.3 is 0 Å². The van der Waals surface area contributed by atoms with Crippen molar-refractivity contribution in [2.45, 2.75) is 19.0 Å². The Hall–Kier alpha value is -1.56. The topological polar surface area (TPSA) is 41.7 Å². The lowest BCUT2D eigenvalue weighted by Gasteiger charge is -2.41. The van der Waals surface area contributed by atoms with E-state index in [4.69, 9.17) is 10.5 Å². The van der Waals surface area contributed by atoms with Crippen LogP contribution in [0.25, 0.3) is 0 Å². The van der Waals surface area contributed by atoms with Gasteiger partial charge in [-0.25, -0.2) is 0 Å². The summed E-state index contributed by atoms with van der Waals surface area (Å²) < 4.78 is 5.23. The van der Waals surface area contributed by atoms with Gasteiger partial charge < -0.3 is 15.4 Å². The van der Waals surface area contributed by atoms with Crippen molar-refractivity contribution in [2.24, 2.45) is 5.73 Å². The molecule has 1 aliphatic rings. The first-order chi connectivity index (χ1) is 11.2. The van der Waals surface area contributed by atoms with Gasteiger partial charge in [0, 0.05) is 42.8 Å². The highest BCUT2D eigenvalue weighted by Crippen LogP contribution is 2.29. The Morgan fingerprint density at radius 3 is 2.30 bits per heavy atom. The highest BCUT2D eigenvalue weighted by atomic mass is 32.1. The Balaban J connectivity index is 1.65. The fourth-order valence-corrected chi connectivity index (χ4v) is 4.26. The second-order valence-electron chi connectivity index (χ2n) is 6.04. The zero-order valence-electron chi connectivity index (χ0n) is 13.8. The molecule has 1 aromatic carbocycles. The first kappa shape index (κ1) is 16.3. The summed E-state index contributed by atoms with van der Waals surface area (Å²) in [7, 11) is 1.70. The van der Waals surface area contributed by atoms with Gasteiger partial charge in [0.1, 0.15) is 5.75 Å². The van der Waals surface area contributed by atoms with Crippen molar-refractivity contribution in [3.05, 3.63) is 46.7 Å². The standard InChI is InChI=1S/C18H25N3OS/c1-14(19)18(17-4-3-13-23-17)21-11-9-20(10-12-21)15-5-7-16(22-2)8-6-15/h3-8,13-14,18H,9-12,19H2,1-2H3/t14-,18+/m0/s1. The van der Waals surface area contributed by atoms with Gasteiger partial charge in [0.25, 0.3) is 0 Å². The van der Waals surface area contributed by atoms with E-state index in [-0.39, 0.29) is 6.04 Å². The lowest BCUT2D eigenvalue weighted by Crippen LogP contribution is -2.50. The molecule has 0 spiro atoms. The van der Waals surface area contributed by atoms with Crippen LogP contribution < -0.4 is 15.4 Å². The number of benzene rings is 1. The maximum Gasteiger partial charge on any atom is 0.119 e. The van der Waals surface area contributed by atoms with Gasteiger partial charge in [0.15, 0.2) is 0 Å². The summed E-state index contributed by atoms with van der Waals surface area (Å²) in [6.45, 7) is 6.24. The molecule has 0 amide bonds. The average molecular weight is 331 g/mol. The monoisotopic (exact) mass is 331 g/mol. The highest BCUT2D eigenvalue weighted by molar-refractivity contribution is 7.10. The molecule has 2 atom stereocenters. The predicted octanol–water partition coefficient (Wildman–Crippen LogP) is 2.97. The summed E-state index contributed by atoms with van der Waals surface area (Å²) in [5.41, 5.74) is 7.54. The Labute approximate surface area is 142 Å². The summed E-state index contributed by atoms with van der Waals surface area (Å²) in [5, 5.41) is 2.14. The molecule has 2 N–H and O–H groups in total. The summed E-state index contributed by atoms with van der Waals surface area (Å²) in [4.78, 5) is 6.33. The van der Waals surface area contributed by atoms with Gasteiger partial charge in [0.2, 0.25) is 0 Å². The lowest BCUT2D eigenvalue weighted by molar-refractivity contribution is 0.169. The number of thiophene rings is 1. The number of anilines is 1. The molecule has 0 radical (unpaired) electrons. The van der Waals surface area contributed by atoms with E-state index >= 15 is 0 Å². The first-order valence-electron chi connectivity index (χ1n) is 8.11. The number of piperazine rings is 1. The van der Waals surface area contributed by atoms with Crippen LogP contribution in [0.15, 0.2) is 41.8 Å². The van der Waals surface area contributed by atoms with Crippen LogP contribution in [-0.2, 0) is 0 Å². The molecular weight excluding hydrogens is 306 g/mol. The molecule has 4 nitrogen and oxygen atoms in total. The van der Waals surface area contributed by atoms with Gasteiger partial charge in [-0.15, -0.1) is 11.3 Å². The minimum Gasteiger partial charge on any atom is -0.497 e. The molecule has 1 aliphatic heterocycles. The summed E-state index contributed by atoms with van der Waals surface area (Å²) >= 11 is 1.81. The van der Waals surface area contributed by atoms with Crippen LogP contribution in [0.2, 0.25) is 0 Å². The van der Waals surface area contributed by atoms with Crippen molar-refractivity contribution >= 4 is 17.0 Å².